The standard InChI is InChI=1S/C40H37ClN4O7S/c1-27-32(9-6-10-34(27)31-11-12-36-39(19-31)50-15-14-49-36)26-52-38-20-37(51-25-29-17-28(21-42)22-43-23-29)33(18-35(38)41)24-45(2)13-16-53(47,48)44-40(46)30-7-4-3-5-8-30/h3-12,17-20,22-23H,13-16,24-26H2,1-2H3,(H,44,46). The maximum Gasteiger partial charge on any atom is 0.264 e. The molecule has 1 aromatic heterocycles. The van der Waals surface area contributed by atoms with E-state index in [2.05, 4.69) is 15.8 Å². The van der Waals surface area contributed by atoms with Crippen molar-refractivity contribution in [3.05, 3.63) is 136 Å². The number of sulfonamides is 1. The van der Waals surface area contributed by atoms with Crippen LogP contribution in [0.4, 0.5) is 0 Å². The minimum Gasteiger partial charge on any atom is -0.488 e. The fourth-order valence-electron chi connectivity index (χ4n) is 5.74. The molecule has 0 spiro atoms. The van der Waals surface area contributed by atoms with Crippen LogP contribution in [-0.4, -0.2) is 56.8 Å². The van der Waals surface area contributed by atoms with Gasteiger partial charge in [0.2, 0.25) is 10.0 Å². The van der Waals surface area contributed by atoms with Gasteiger partial charge in [-0.15, -0.1) is 0 Å². The monoisotopic (exact) mass is 752 g/mol. The van der Waals surface area contributed by atoms with Crippen molar-refractivity contribution in [2.45, 2.75) is 26.7 Å². The third-order valence-corrected chi connectivity index (χ3v) is 10.1. The number of carbonyl (C=O) groups is 1. The van der Waals surface area contributed by atoms with Crippen molar-refractivity contribution in [1.82, 2.24) is 14.6 Å². The first-order chi connectivity index (χ1) is 25.6. The molecule has 2 heterocycles. The van der Waals surface area contributed by atoms with Crippen LogP contribution < -0.4 is 23.7 Å². The van der Waals surface area contributed by atoms with Gasteiger partial charge in [0, 0.05) is 48.2 Å². The zero-order valence-electron chi connectivity index (χ0n) is 29.2. The minimum absolute atomic E-state index is 0.108. The first-order valence-corrected chi connectivity index (χ1v) is 18.8. The summed E-state index contributed by atoms with van der Waals surface area (Å²) >= 11 is 6.79. The average Bonchev–Trinajstić information content (AvgIpc) is 3.17. The Kier molecular flexibility index (Phi) is 11.8. The number of rotatable bonds is 14. The average molecular weight is 753 g/mol. The Balaban J connectivity index is 1.18. The van der Waals surface area contributed by atoms with Gasteiger partial charge in [0.25, 0.3) is 5.91 Å². The van der Waals surface area contributed by atoms with Crippen LogP contribution in [0, 0.1) is 18.3 Å². The number of amides is 1. The molecule has 0 saturated carbocycles. The van der Waals surface area contributed by atoms with Crippen molar-refractivity contribution in [2.24, 2.45) is 0 Å². The molecule has 0 saturated heterocycles. The number of hydrogen-bond acceptors (Lipinski definition) is 10. The van der Waals surface area contributed by atoms with Gasteiger partial charge in [-0.2, -0.15) is 5.26 Å². The second kappa shape index (κ2) is 16.8. The fourth-order valence-corrected chi connectivity index (χ4v) is 7.03. The van der Waals surface area contributed by atoms with Crippen LogP contribution in [0.15, 0.2) is 97.3 Å². The summed E-state index contributed by atoms with van der Waals surface area (Å²) in [5.41, 5.74) is 6.05. The summed E-state index contributed by atoms with van der Waals surface area (Å²) in [6.07, 6.45) is 3.09. The van der Waals surface area contributed by atoms with Gasteiger partial charge < -0.3 is 23.8 Å². The number of benzene rings is 4. The Morgan fingerprint density at radius 3 is 2.49 bits per heavy atom. The molecule has 0 atom stereocenters. The summed E-state index contributed by atoms with van der Waals surface area (Å²) in [5.74, 6) is 1.29. The van der Waals surface area contributed by atoms with Crippen molar-refractivity contribution < 1.29 is 32.2 Å². The Labute approximate surface area is 313 Å². The number of fused-ring (bicyclic) bond motifs is 1. The van der Waals surface area contributed by atoms with Crippen LogP contribution in [0.1, 0.15) is 38.2 Å². The van der Waals surface area contributed by atoms with Gasteiger partial charge in [-0.05, 0) is 72.6 Å². The van der Waals surface area contributed by atoms with Gasteiger partial charge in [0.1, 0.15) is 44.0 Å². The minimum atomic E-state index is -3.92. The maximum absolute atomic E-state index is 12.8. The molecule has 0 radical (unpaired) electrons. The van der Waals surface area contributed by atoms with E-state index in [1.807, 2.05) is 43.3 Å². The molecular formula is C40H37ClN4O7S. The Morgan fingerprint density at radius 2 is 1.70 bits per heavy atom. The van der Waals surface area contributed by atoms with Crippen LogP contribution in [0.25, 0.3) is 11.1 Å². The molecule has 53 heavy (non-hydrogen) atoms. The molecule has 1 N–H and O–H groups in total. The van der Waals surface area contributed by atoms with Gasteiger partial charge in [-0.1, -0.05) is 54.1 Å². The summed E-state index contributed by atoms with van der Waals surface area (Å²) in [6.45, 7) is 3.78. The van der Waals surface area contributed by atoms with E-state index in [9.17, 15) is 18.5 Å². The zero-order chi connectivity index (χ0) is 37.4. The van der Waals surface area contributed by atoms with Crippen LogP contribution in [-0.2, 0) is 29.8 Å². The Bertz CT molecular complexity index is 2260. The molecule has 0 fully saturated rings. The molecule has 0 unspecified atom stereocenters. The number of nitrogens with zero attached hydrogens (tertiary/aromatic N) is 3. The maximum atomic E-state index is 12.8. The Morgan fingerprint density at radius 1 is 0.925 bits per heavy atom. The van der Waals surface area contributed by atoms with Gasteiger partial charge in [0.05, 0.1) is 16.3 Å². The van der Waals surface area contributed by atoms with E-state index in [1.165, 1.54) is 6.20 Å². The highest BCUT2D eigenvalue weighted by atomic mass is 35.5. The molecule has 272 valence electrons. The highest BCUT2D eigenvalue weighted by molar-refractivity contribution is 7.90. The van der Waals surface area contributed by atoms with E-state index in [0.29, 0.717) is 52.2 Å². The lowest BCUT2D eigenvalue weighted by atomic mass is 9.96. The Hall–Kier alpha value is -5.61. The van der Waals surface area contributed by atoms with Crippen molar-refractivity contribution in [3.8, 4) is 40.2 Å². The molecule has 1 aliphatic heterocycles. The van der Waals surface area contributed by atoms with Crippen LogP contribution in [0.5, 0.6) is 23.0 Å². The summed E-state index contributed by atoms with van der Waals surface area (Å²) in [5, 5.41) is 9.67. The van der Waals surface area contributed by atoms with Crippen LogP contribution in [0.3, 0.4) is 0 Å². The number of carbonyl (C=O) groups excluding carboxylic acids is 1. The summed E-state index contributed by atoms with van der Waals surface area (Å²) < 4.78 is 51.7. The number of pyridine rings is 1. The van der Waals surface area contributed by atoms with Crippen LogP contribution in [0.2, 0.25) is 5.02 Å². The highest BCUT2D eigenvalue weighted by Gasteiger charge is 2.20. The lowest BCUT2D eigenvalue weighted by molar-refractivity contribution is 0.0981. The third-order valence-electron chi connectivity index (χ3n) is 8.58. The fraction of sp³-hybridized carbons (Fsp3) is 0.225. The topological polar surface area (TPSA) is 140 Å². The molecule has 0 bridgehead atoms. The number of halogens is 1. The number of aromatic nitrogens is 1. The summed E-state index contributed by atoms with van der Waals surface area (Å²) in [7, 11) is -2.16. The number of nitrogens with one attached hydrogen (secondary N) is 1. The third kappa shape index (κ3) is 9.64. The van der Waals surface area contributed by atoms with Crippen molar-refractivity contribution >= 4 is 27.5 Å². The normalized spacial score (nSPS) is 12.2. The zero-order valence-corrected chi connectivity index (χ0v) is 30.7. The quantitative estimate of drug-likeness (QED) is 0.130. The predicted octanol–water partition coefficient (Wildman–Crippen LogP) is 6.70. The van der Waals surface area contributed by atoms with E-state index in [1.54, 1.807) is 66.7 Å². The first-order valence-electron chi connectivity index (χ1n) is 16.8. The van der Waals surface area contributed by atoms with E-state index >= 15 is 0 Å². The van der Waals surface area contributed by atoms with Gasteiger partial charge in [-0.25, -0.2) is 13.1 Å². The summed E-state index contributed by atoms with van der Waals surface area (Å²) in [4.78, 5) is 18.4. The van der Waals surface area contributed by atoms with Crippen molar-refractivity contribution in [3.63, 3.8) is 0 Å². The number of nitriles is 1. The van der Waals surface area contributed by atoms with E-state index in [4.69, 9.17) is 30.5 Å². The van der Waals surface area contributed by atoms with Gasteiger partial charge >= 0.3 is 0 Å². The van der Waals surface area contributed by atoms with Crippen LogP contribution >= 0.6 is 11.6 Å². The van der Waals surface area contributed by atoms with Gasteiger partial charge in [-0.3, -0.25) is 9.78 Å². The van der Waals surface area contributed by atoms with E-state index in [0.717, 1.165) is 28.0 Å². The van der Waals surface area contributed by atoms with E-state index in [-0.39, 0.29) is 37.6 Å². The molecule has 1 amide bonds. The van der Waals surface area contributed by atoms with Crippen molar-refractivity contribution in [2.75, 3.05) is 32.6 Å². The smallest absolute Gasteiger partial charge is 0.264 e. The van der Waals surface area contributed by atoms with Crippen molar-refractivity contribution in [1.29, 1.82) is 5.26 Å². The van der Waals surface area contributed by atoms with E-state index < -0.39 is 15.9 Å². The summed E-state index contributed by atoms with van der Waals surface area (Å²) in [6, 6.07) is 27.3. The molecule has 0 aliphatic carbocycles. The number of ether oxygens (including phenoxy) is 4. The number of hydrogen-bond donors (Lipinski definition) is 1. The molecule has 4 aromatic carbocycles. The molecule has 11 nitrogen and oxygen atoms in total. The first kappa shape index (κ1) is 37.2. The second-order valence-electron chi connectivity index (χ2n) is 12.5. The highest BCUT2D eigenvalue weighted by Crippen LogP contribution is 2.38. The second-order valence-corrected chi connectivity index (χ2v) is 14.7. The molecular weight excluding hydrogens is 716 g/mol. The van der Waals surface area contributed by atoms with Gasteiger partial charge in [0.15, 0.2) is 11.5 Å². The largest absolute Gasteiger partial charge is 0.488 e. The SMILES string of the molecule is Cc1c(COc2cc(OCc3cncc(C#N)c3)c(CN(C)CCS(=O)(=O)NC(=O)c3ccccc3)cc2Cl)cccc1-c1ccc2c(c1)OCCO2. The lowest BCUT2D eigenvalue weighted by Gasteiger charge is -2.21. The molecule has 1 aliphatic rings. The molecule has 5 aromatic rings. The molecule has 13 heteroatoms. The lowest BCUT2D eigenvalue weighted by Crippen LogP contribution is -2.36. The predicted molar refractivity (Wildman–Crippen MR) is 201 cm³/mol. The molecule has 6 rings (SSSR count).